The van der Waals surface area contributed by atoms with Crippen LogP contribution in [-0.2, 0) is 11.3 Å². The second-order valence-electron chi connectivity index (χ2n) is 8.55. The summed E-state index contributed by atoms with van der Waals surface area (Å²) >= 11 is 0. The van der Waals surface area contributed by atoms with Gasteiger partial charge in [0.15, 0.2) is 0 Å². The predicted molar refractivity (Wildman–Crippen MR) is 121 cm³/mol. The zero-order valence-corrected chi connectivity index (χ0v) is 18.8. The topological polar surface area (TPSA) is 68.4 Å². The highest BCUT2D eigenvalue weighted by Gasteiger charge is 2.56. The van der Waals surface area contributed by atoms with E-state index in [4.69, 9.17) is 4.74 Å². The van der Waals surface area contributed by atoms with Crippen molar-refractivity contribution in [3.63, 3.8) is 0 Å². The number of benzene rings is 2. The molecule has 3 saturated heterocycles. The Balaban J connectivity index is 1.41. The maximum absolute atomic E-state index is 14.2. The molecule has 3 amide bonds. The molecule has 0 spiro atoms. The van der Waals surface area contributed by atoms with Crippen LogP contribution >= 0.6 is 0 Å². The van der Waals surface area contributed by atoms with Crippen LogP contribution in [0.5, 0.6) is 5.75 Å². The lowest BCUT2D eigenvalue weighted by Crippen LogP contribution is -2.66. The summed E-state index contributed by atoms with van der Waals surface area (Å²) in [6.07, 6.45) is 0.210. The van der Waals surface area contributed by atoms with Gasteiger partial charge in [0.25, 0.3) is 5.91 Å². The summed E-state index contributed by atoms with van der Waals surface area (Å²) in [5.41, 5.74) is 1.34. The van der Waals surface area contributed by atoms with E-state index in [2.05, 4.69) is 15.1 Å². The Kier molecular flexibility index (Phi) is 5.67. The molecule has 0 bridgehead atoms. The number of urea groups is 1. The van der Waals surface area contributed by atoms with Crippen LogP contribution in [0.1, 0.15) is 18.9 Å². The molecule has 0 radical (unpaired) electrons. The molecule has 1 N–H and O–H groups in total. The molecule has 0 saturated carbocycles. The van der Waals surface area contributed by atoms with Gasteiger partial charge in [-0.2, -0.15) is 0 Å². The van der Waals surface area contributed by atoms with Crippen molar-refractivity contribution >= 4 is 17.6 Å². The molecule has 0 aromatic heterocycles. The van der Waals surface area contributed by atoms with Gasteiger partial charge in [0.2, 0.25) is 0 Å². The number of amides is 3. The number of fused-ring (bicyclic) bond motifs is 3. The number of halogens is 1. The van der Waals surface area contributed by atoms with Crippen LogP contribution in [0.2, 0.25) is 0 Å². The number of likely N-dealkylation sites (N-methyl/N-ethyl adjacent to an activating group) is 1. The molecule has 2 aromatic carbocycles. The standard InChI is InChI=1S/C24H28FN5O3/c1-3-33-18-11-9-17(10-12-18)28-13-6-14-29-20-21(26-23(28)29)27(2)24(32)30(22(20)31)15-16-7-4-5-8-19(16)25/h4-5,7-12,20-21,23,26H,3,6,13-15H2,1-2H3. The molecule has 3 aliphatic heterocycles. The molecule has 3 aliphatic rings. The van der Waals surface area contributed by atoms with E-state index in [0.29, 0.717) is 12.2 Å². The molecule has 3 heterocycles. The molecule has 2 aromatic rings. The maximum Gasteiger partial charge on any atom is 0.328 e. The number of imide groups is 1. The van der Waals surface area contributed by atoms with Gasteiger partial charge in [0.05, 0.1) is 13.2 Å². The quantitative estimate of drug-likeness (QED) is 0.750. The van der Waals surface area contributed by atoms with E-state index in [-0.39, 0.29) is 18.7 Å². The first-order valence-corrected chi connectivity index (χ1v) is 11.3. The maximum atomic E-state index is 14.2. The molecule has 3 unspecified atom stereocenters. The highest BCUT2D eigenvalue weighted by atomic mass is 19.1. The van der Waals surface area contributed by atoms with Crippen LogP contribution in [-0.4, -0.2) is 71.9 Å². The second kappa shape index (κ2) is 8.64. The average Bonchev–Trinajstić information content (AvgIpc) is 3.22. The highest BCUT2D eigenvalue weighted by Crippen LogP contribution is 2.34. The van der Waals surface area contributed by atoms with E-state index in [1.54, 1.807) is 30.1 Å². The van der Waals surface area contributed by atoms with E-state index in [1.165, 1.54) is 11.0 Å². The number of ether oxygens (including phenoxy) is 1. The Morgan fingerprint density at radius 3 is 2.58 bits per heavy atom. The number of nitrogens with one attached hydrogen (secondary N) is 1. The van der Waals surface area contributed by atoms with E-state index in [0.717, 1.165) is 30.9 Å². The summed E-state index contributed by atoms with van der Waals surface area (Å²) in [6.45, 7) is 4.03. The van der Waals surface area contributed by atoms with Gasteiger partial charge >= 0.3 is 6.03 Å². The molecule has 3 atom stereocenters. The van der Waals surface area contributed by atoms with E-state index >= 15 is 0 Å². The molecule has 33 heavy (non-hydrogen) atoms. The number of hydrogen-bond donors (Lipinski definition) is 1. The van der Waals surface area contributed by atoms with Crippen molar-refractivity contribution in [2.45, 2.75) is 38.4 Å². The van der Waals surface area contributed by atoms with Crippen molar-refractivity contribution in [1.29, 1.82) is 0 Å². The Morgan fingerprint density at radius 2 is 1.85 bits per heavy atom. The Labute approximate surface area is 192 Å². The molecule has 3 fully saturated rings. The van der Waals surface area contributed by atoms with Crippen LogP contribution in [0.4, 0.5) is 14.9 Å². The number of nitrogens with zero attached hydrogens (tertiary/aromatic N) is 4. The summed E-state index contributed by atoms with van der Waals surface area (Å²) in [5, 5.41) is 3.49. The summed E-state index contributed by atoms with van der Waals surface area (Å²) in [7, 11) is 1.69. The van der Waals surface area contributed by atoms with Gasteiger partial charge in [-0.05, 0) is 43.7 Å². The van der Waals surface area contributed by atoms with Crippen molar-refractivity contribution in [1.82, 2.24) is 20.0 Å². The Bertz CT molecular complexity index is 1050. The molecule has 5 rings (SSSR count). The van der Waals surface area contributed by atoms with Gasteiger partial charge in [-0.1, -0.05) is 18.2 Å². The highest BCUT2D eigenvalue weighted by molar-refractivity contribution is 6.00. The lowest BCUT2D eigenvalue weighted by Gasteiger charge is -2.44. The lowest BCUT2D eigenvalue weighted by molar-refractivity contribution is -0.139. The fourth-order valence-electron chi connectivity index (χ4n) is 5.03. The van der Waals surface area contributed by atoms with Crippen molar-refractivity contribution in [3.8, 4) is 5.75 Å². The molecule has 8 nitrogen and oxygen atoms in total. The number of rotatable bonds is 5. The largest absolute Gasteiger partial charge is 0.494 e. The fourth-order valence-corrected chi connectivity index (χ4v) is 5.03. The van der Waals surface area contributed by atoms with Crippen LogP contribution in [0.25, 0.3) is 0 Å². The third kappa shape index (κ3) is 3.71. The Hall–Kier alpha value is -3.17. The summed E-state index contributed by atoms with van der Waals surface area (Å²) in [5.74, 6) is 0.0901. The third-order valence-corrected chi connectivity index (χ3v) is 6.64. The van der Waals surface area contributed by atoms with Crippen molar-refractivity contribution in [3.05, 3.63) is 59.9 Å². The zero-order chi connectivity index (χ0) is 23.1. The fraction of sp³-hybridized carbons (Fsp3) is 0.417. The molecule has 0 aliphatic carbocycles. The summed E-state index contributed by atoms with van der Waals surface area (Å²) in [4.78, 5) is 33.7. The monoisotopic (exact) mass is 453 g/mol. The van der Waals surface area contributed by atoms with Crippen molar-refractivity contribution in [2.75, 3.05) is 31.6 Å². The minimum absolute atomic E-state index is 0.0843. The van der Waals surface area contributed by atoms with Crippen LogP contribution < -0.4 is 15.0 Å². The van der Waals surface area contributed by atoms with Gasteiger partial charge in [-0.15, -0.1) is 0 Å². The summed E-state index contributed by atoms with van der Waals surface area (Å²) in [6, 6.07) is 13.2. The summed E-state index contributed by atoms with van der Waals surface area (Å²) < 4.78 is 19.8. The average molecular weight is 454 g/mol. The van der Waals surface area contributed by atoms with Crippen LogP contribution in [0, 0.1) is 5.82 Å². The predicted octanol–water partition coefficient (Wildman–Crippen LogP) is 2.41. The SMILES string of the molecule is CCOc1ccc(N2CCCN3C4C(=O)N(Cc5ccccc5F)C(=O)N(C)C4NC23)cc1. The van der Waals surface area contributed by atoms with Crippen LogP contribution in [0.3, 0.4) is 0 Å². The second-order valence-corrected chi connectivity index (χ2v) is 8.55. The molecular formula is C24H28FN5O3. The number of carbonyl (C=O) groups is 2. The first kappa shape index (κ1) is 21.7. The molecule has 174 valence electrons. The Morgan fingerprint density at radius 1 is 1.09 bits per heavy atom. The molecule has 9 heteroatoms. The zero-order valence-electron chi connectivity index (χ0n) is 18.8. The van der Waals surface area contributed by atoms with E-state index < -0.39 is 24.1 Å². The van der Waals surface area contributed by atoms with Gasteiger partial charge in [0, 0.05) is 31.4 Å². The number of hydrogen-bond acceptors (Lipinski definition) is 6. The smallest absolute Gasteiger partial charge is 0.328 e. The van der Waals surface area contributed by atoms with Crippen molar-refractivity contribution < 1.29 is 18.7 Å². The van der Waals surface area contributed by atoms with Gasteiger partial charge in [-0.25, -0.2) is 9.18 Å². The number of carbonyl (C=O) groups excluding carboxylic acids is 2. The number of anilines is 1. The van der Waals surface area contributed by atoms with Gasteiger partial charge in [0.1, 0.15) is 30.1 Å². The first-order chi connectivity index (χ1) is 16.0. The first-order valence-electron chi connectivity index (χ1n) is 11.3. The third-order valence-electron chi connectivity index (χ3n) is 6.64. The van der Waals surface area contributed by atoms with Gasteiger partial charge < -0.3 is 14.5 Å². The minimum Gasteiger partial charge on any atom is -0.494 e. The van der Waals surface area contributed by atoms with E-state index in [1.807, 2.05) is 31.2 Å². The van der Waals surface area contributed by atoms with E-state index in [9.17, 15) is 14.0 Å². The lowest BCUT2D eigenvalue weighted by atomic mass is 10.1. The molecular weight excluding hydrogens is 425 g/mol. The minimum atomic E-state index is -0.532. The van der Waals surface area contributed by atoms with Crippen molar-refractivity contribution in [2.24, 2.45) is 0 Å². The normalized spacial score (nSPS) is 25.3. The van der Waals surface area contributed by atoms with Crippen LogP contribution in [0.15, 0.2) is 48.5 Å². The van der Waals surface area contributed by atoms with Gasteiger partial charge in [-0.3, -0.25) is 19.9 Å².